The minimum atomic E-state index is -0.324. The largest absolute Gasteiger partial charge is 0.310 e. The summed E-state index contributed by atoms with van der Waals surface area (Å²) in [5.41, 5.74) is 1.13. The number of nitrogens with one attached hydrogen (secondary N) is 2. The van der Waals surface area contributed by atoms with Gasteiger partial charge in [0.1, 0.15) is 11.6 Å². The van der Waals surface area contributed by atoms with Gasteiger partial charge in [0.05, 0.1) is 16.6 Å². The molecule has 2 N–H and O–H groups in total. The molecule has 1 aliphatic heterocycles. The molecule has 0 spiro atoms. The molecular formula is C17H20FN3O2S. The fraction of sp³-hybridized carbons (Fsp3) is 0.412. The molecule has 128 valence electrons. The Hall–Kier alpha value is -2.02. The monoisotopic (exact) mass is 349 g/mol. The van der Waals surface area contributed by atoms with Crippen LogP contribution in [0.5, 0.6) is 0 Å². The third kappa shape index (κ3) is 3.13. The minimum absolute atomic E-state index is 0.0729. The van der Waals surface area contributed by atoms with Gasteiger partial charge >= 0.3 is 0 Å². The molecule has 3 rings (SSSR count). The number of hydrogen-bond acceptors (Lipinski definition) is 3. The average molecular weight is 349 g/mol. The zero-order valence-electron chi connectivity index (χ0n) is 13.6. The van der Waals surface area contributed by atoms with E-state index >= 15 is 0 Å². The lowest BCUT2D eigenvalue weighted by Crippen LogP contribution is -2.18. The summed E-state index contributed by atoms with van der Waals surface area (Å²) in [7, 11) is 0. The van der Waals surface area contributed by atoms with Crippen LogP contribution >= 0.6 is 11.8 Å². The van der Waals surface area contributed by atoms with Crippen LogP contribution in [0.4, 0.5) is 10.2 Å². The predicted octanol–water partition coefficient (Wildman–Crippen LogP) is 3.45. The van der Waals surface area contributed by atoms with E-state index in [0.717, 1.165) is 18.4 Å². The number of H-pyrrole nitrogens is 1. The van der Waals surface area contributed by atoms with Crippen molar-refractivity contribution in [3.05, 3.63) is 51.6 Å². The van der Waals surface area contributed by atoms with Gasteiger partial charge < -0.3 is 5.32 Å². The van der Waals surface area contributed by atoms with E-state index in [1.54, 1.807) is 16.8 Å². The Kier molecular flexibility index (Phi) is 4.80. The normalized spacial score (nSPS) is 18.6. The quantitative estimate of drug-likeness (QED) is 0.888. The van der Waals surface area contributed by atoms with Gasteiger partial charge in [0.15, 0.2) is 0 Å². The summed E-state index contributed by atoms with van der Waals surface area (Å²) >= 11 is 1.38. The summed E-state index contributed by atoms with van der Waals surface area (Å²) in [6.07, 6.45) is 1.86. The highest BCUT2D eigenvalue weighted by molar-refractivity contribution is 8.00. The van der Waals surface area contributed by atoms with Gasteiger partial charge in [-0.05, 0) is 31.0 Å². The Morgan fingerprint density at radius 1 is 1.33 bits per heavy atom. The first kappa shape index (κ1) is 16.8. The SMILES string of the molecule is CCC[C@@H](C)n1[nH]c(=O)c2c1NC(=O)CS[C@H]2c1ccc(F)cc1. The smallest absolute Gasteiger partial charge is 0.270 e. The van der Waals surface area contributed by atoms with Crippen molar-refractivity contribution in [2.45, 2.75) is 38.0 Å². The van der Waals surface area contributed by atoms with Gasteiger partial charge in [-0.25, -0.2) is 4.39 Å². The van der Waals surface area contributed by atoms with Crippen LogP contribution in [0.1, 0.15) is 49.1 Å². The molecule has 0 unspecified atom stereocenters. The number of nitrogens with zero attached hydrogens (tertiary/aromatic N) is 1. The van der Waals surface area contributed by atoms with Gasteiger partial charge in [-0.2, -0.15) is 0 Å². The minimum Gasteiger partial charge on any atom is -0.310 e. The molecule has 1 aliphatic rings. The van der Waals surface area contributed by atoms with Crippen molar-refractivity contribution in [1.29, 1.82) is 0 Å². The molecule has 1 amide bonds. The van der Waals surface area contributed by atoms with Crippen LogP contribution in [0.25, 0.3) is 0 Å². The molecule has 7 heteroatoms. The molecule has 1 aromatic heterocycles. The number of carbonyl (C=O) groups is 1. The highest BCUT2D eigenvalue weighted by Gasteiger charge is 2.31. The summed E-state index contributed by atoms with van der Waals surface area (Å²) < 4.78 is 15.0. The zero-order valence-corrected chi connectivity index (χ0v) is 14.5. The number of aromatic amines is 1. The summed E-state index contributed by atoms with van der Waals surface area (Å²) in [6, 6.07) is 6.16. The van der Waals surface area contributed by atoms with Crippen LogP contribution in [0.15, 0.2) is 29.1 Å². The molecule has 2 atom stereocenters. The van der Waals surface area contributed by atoms with Crippen LogP contribution in [-0.2, 0) is 4.79 Å². The van der Waals surface area contributed by atoms with Crippen LogP contribution in [0.2, 0.25) is 0 Å². The van der Waals surface area contributed by atoms with Crippen molar-refractivity contribution in [3.8, 4) is 0 Å². The topological polar surface area (TPSA) is 66.9 Å². The summed E-state index contributed by atoms with van der Waals surface area (Å²) in [5.74, 6) is 0.320. The Morgan fingerprint density at radius 3 is 2.71 bits per heavy atom. The number of carbonyl (C=O) groups excluding carboxylic acids is 1. The number of thioether (sulfide) groups is 1. The Labute approximate surface area is 143 Å². The van der Waals surface area contributed by atoms with Crippen molar-refractivity contribution >= 4 is 23.5 Å². The average Bonchev–Trinajstić information content (AvgIpc) is 2.75. The summed E-state index contributed by atoms with van der Waals surface area (Å²) in [4.78, 5) is 24.7. The molecule has 24 heavy (non-hydrogen) atoms. The second-order valence-electron chi connectivity index (χ2n) is 6.00. The molecule has 0 bridgehead atoms. The highest BCUT2D eigenvalue weighted by Crippen LogP contribution is 2.40. The highest BCUT2D eigenvalue weighted by atomic mass is 32.2. The number of aromatic nitrogens is 2. The van der Waals surface area contributed by atoms with Gasteiger partial charge in [-0.3, -0.25) is 19.4 Å². The number of hydrogen-bond donors (Lipinski definition) is 2. The lowest BCUT2D eigenvalue weighted by atomic mass is 10.1. The van der Waals surface area contributed by atoms with Crippen molar-refractivity contribution in [3.63, 3.8) is 0 Å². The fourth-order valence-corrected chi connectivity index (χ4v) is 4.15. The van der Waals surface area contributed by atoms with Crippen molar-refractivity contribution in [1.82, 2.24) is 9.78 Å². The van der Waals surface area contributed by atoms with Gasteiger partial charge in [-0.15, -0.1) is 11.8 Å². The first-order valence-corrected chi connectivity index (χ1v) is 9.07. The molecule has 0 aliphatic carbocycles. The van der Waals surface area contributed by atoms with E-state index in [9.17, 15) is 14.0 Å². The maximum absolute atomic E-state index is 13.2. The van der Waals surface area contributed by atoms with E-state index in [2.05, 4.69) is 17.3 Å². The number of benzene rings is 1. The van der Waals surface area contributed by atoms with Gasteiger partial charge in [0, 0.05) is 6.04 Å². The second kappa shape index (κ2) is 6.84. The van der Waals surface area contributed by atoms with E-state index < -0.39 is 0 Å². The number of fused-ring (bicyclic) bond motifs is 1. The molecular weight excluding hydrogens is 329 g/mol. The third-order valence-electron chi connectivity index (χ3n) is 4.18. The van der Waals surface area contributed by atoms with E-state index in [1.807, 2.05) is 6.92 Å². The molecule has 2 heterocycles. The summed E-state index contributed by atoms with van der Waals surface area (Å²) in [6.45, 7) is 4.09. The zero-order chi connectivity index (χ0) is 17.3. The molecule has 2 aromatic rings. The van der Waals surface area contributed by atoms with E-state index in [4.69, 9.17) is 0 Å². The van der Waals surface area contributed by atoms with E-state index in [-0.39, 0.29) is 34.3 Å². The number of halogens is 1. The summed E-state index contributed by atoms with van der Waals surface area (Å²) in [5, 5.41) is 5.41. The first-order valence-electron chi connectivity index (χ1n) is 8.02. The van der Waals surface area contributed by atoms with Gasteiger partial charge in [0.25, 0.3) is 5.56 Å². The second-order valence-corrected chi connectivity index (χ2v) is 7.10. The standard InChI is InChI=1S/C17H20FN3O2S/c1-3-4-10(2)21-16-14(17(23)20-21)15(24-9-13(22)19-16)11-5-7-12(18)8-6-11/h5-8,10,15H,3-4,9H2,1-2H3,(H,19,22)(H,20,23)/t10-,15+/m1/s1. The number of anilines is 1. The van der Waals surface area contributed by atoms with E-state index in [1.165, 1.54) is 23.9 Å². The lowest BCUT2D eigenvalue weighted by molar-refractivity contribution is -0.113. The molecule has 0 saturated heterocycles. The van der Waals surface area contributed by atoms with Crippen LogP contribution in [-0.4, -0.2) is 21.4 Å². The van der Waals surface area contributed by atoms with Gasteiger partial charge in [0.2, 0.25) is 5.91 Å². The van der Waals surface area contributed by atoms with Gasteiger partial charge in [-0.1, -0.05) is 25.5 Å². The maximum Gasteiger partial charge on any atom is 0.270 e. The number of amides is 1. The fourth-order valence-electron chi connectivity index (χ4n) is 3.02. The molecule has 5 nitrogen and oxygen atoms in total. The molecule has 0 saturated carbocycles. The lowest BCUT2D eigenvalue weighted by Gasteiger charge is -2.17. The predicted molar refractivity (Wildman–Crippen MR) is 94.0 cm³/mol. The van der Waals surface area contributed by atoms with Crippen LogP contribution < -0.4 is 10.9 Å². The van der Waals surface area contributed by atoms with Crippen molar-refractivity contribution in [2.24, 2.45) is 0 Å². The molecule has 0 fully saturated rings. The molecule has 1 aromatic carbocycles. The Balaban J connectivity index is 2.11. The molecule has 0 radical (unpaired) electrons. The van der Waals surface area contributed by atoms with Crippen LogP contribution in [0, 0.1) is 5.82 Å². The maximum atomic E-state index is 13.2. The number of rotatable bonds is 4. The first-order chi connectivity index (χ1) is 11.5. The Bertz CT molecular complexity index is 797. The van der Waals surface area contributed by atoms with Crippen molar-refractivity contribution < 1.29 is 9.18 Å². The van der Waals surface area contributed by atoms with Crippen molar-refractivity contribution in [2.75, 3.05) is 11.1 Å². The third-order valence-corrected chi connectivity index (χ3v) is 5.45. The Morgan fingerprint density at radius 2 is 2.04 bits per heavy atom. The van der Waals surface area contributed by atoms with E-state index in [0.29, 0.717) is 11.4 Å². The van der Waals surface area contributed by atoms with Crippen LogP contribution in [0.3, 0.4) is 0 Å².